The fourth-order valence-corrected chi connectivity index (χ4v) is 14.7. The number of rotatable bonds is 15. The number of benzene rings is 6. The molecule has 720 valence electrons. The van der Waals surface area contributed by atoms with Crippen LogP contribution in [-0.2, 0) is 95.6 Å². The number of aliphatic hydroxyl groups is 3. The topological polar surface area (TPSA) is 478 Å². The normalized spacial score (nSPS) is 28.0. The van der Waals surface area contributed by atoms with Crippen LogP contribution < -0.4 is 37.2 Å². The molecule has 0 bridgehead atoms. The zero-order valence-corrected chi connectivity index (χ0v) is 70.5. The number of hydrogen-bond donors (Lipinski definition) is 13. The first-order valence-corrected chi connectivity index (χ1v) is 40.6. The summed E-state index contributed by atoms with van der Waals surface area (Å²) in [6, 6.07) is 1.71. The predicted octanol–water partition coefficient (Wildman–Crippen LogP) is 4.16. The van der Waals surface area contributed by atoms with Crippen molar-refractivity contribution in [1.29, 1.82) is 0 Å². The summed E-state index contributed by atoms with van der Waals surface area (Å²) < 4.78 is 250. The number of cyclic esters (lactones) is 4. The molecule has 33 nitrogen and oxygen atoms in total. The van der Waals surface area contributed by atoms with E-state index < -0.39 is 339 Å². The minimum Gasteiger partial charge on any atom is -0.507 e. The van der Waals surface area contributed by atoms with E-state index in [2.05, 4.69) is 37.2 Å². The van der Waals surface area contributed by atoms with Gasteiger partial charge in [-0.1, -0.05) is 50.2 Å². The number of hydrogen-bond acceptors (Lipinski definition) is 25. The van der Waals surface area contributed by atoms with E-state index in [1.54, 1.807) is 0 Å². The number of esters is 4. The van der Waals surface area contributed by atoms with Crippen LogP contribution in [0.25, 0.3) is 0 Å². The molecule has 0 spiro atoms. The summed E-state index contributed by atoms with van der Waals surface area (Å²) in [6.45, 7) is 7.66. The third kappa shape index (κ3) is 22.4. The number of amides is 8. The van der Waals surface area contributed by atoms with Crippen molar-refractivity contribution in [3.05, 3.63) is 193 Å². The maximum Gasteiger partial charge on any atom is 0.350 e. The average molecular weight is 1900 g/mol. The van der Waals surface area contributed by atoms with Crippen LogP contribution >= 0.6 is 0 Å². The van der Waals surface area contributed by atoms with Gasteiger partial charge in [0, 0.05) is 69.2 Å². The number of para-hydroxylation sites is 3. The van der Waals surface area contributed by atoms with Crippen molar-refractivity contribution in [3.8, 4) is 17.2 Å². The van der Waals surface area contributed by atoms with Crippen molar-refractivity contribution in [2.45, 2.75) is 189 Å². The Morgan fingerprint density at radius 1 is 0.361 bits per heavy atom. The van der Waals surface area contributed by atoms with Crippen LogP contribution in [0.3, 0.4) is 0 Å². The molecule has 6 heterocycles. The number of aliphatic hydroxyl groups excluding tert-OH is 3. The first-order chi connectivity index (χ1) is 62.6. The molecule has 0 aromatic heterocycles. The Bertz CT molecular complexity index is 5190. The number of nitrogens with one attached hydrogen (secondary N) is 7. The van der Waals surface area contributed by atoms with Crippen LogP contribution in [0.4, 0.5) is 65.9 Å². The van der Waals surface area contributed by atoms with E-state index >= 15 is 0 Å². The fraction of sp³-hybridized carbons (Fsp3) is 0.435. The highest BCUT2D eigenvalue weighted by molar-refractivity contribution is 6.02. The lowest BCUT2D eigenvalue weighted by Crippen LogP contribution is -2.62. The first-order valence-electron chi connectivity index (χ1n) is 40.6. The lowest BCUT2D eigenvalue weighted by atomic mass is 9.90. The van der Waals surface area contributed by atoms with Crippen molar-refractivity contribution in [2.75, 3.05) is 26.9 Å². The lowest BCUT2D eigenvalue weighted by Gasteiger charge is -2.41. The number of carbonyl (C=O) groups is 12. The third-order valence-corrected chi connectivity index (χ3v) is 22.9. The Hall–Kier alpha value is -12.9. The summed E-state index contributed by atoms with van der Waals surface area (Å²) in [5.74, 6) is -53.5. The van der Waals surface area contributed by atoms with Crippen LogP contribution in [0.15, 0.2) is 72.8 Å². The Balaban J connectivity index is 0.000000207. The fourth-order valence-electron chi connectivity index (χ4n) is 14.7. The van der Waals surface area contributed by atoms with E-state index in [0.717, 1.165) is 32.6 Å². The van der Waals surface area contributed by atoms with Crippen LogP contribution in [0.2, 0.25) is 0 Å². The molecular formula is C85H85F15N8O25. The summed E-state index contributed by atoms with van der Waals surface area (Å²) in [5, 5.41) is 79.4. The molecule has 8 amide bonds. The maximum absolute atomic E-state index is 14.7. The summed E-state index contributed by atoms with van der Waals surface area (Å²) in [4.78, 5) is 160. The molecule has 6 aliphatic heterocycles. The second-order valence-electron chi connectivity index (χ2n) is 31.6. The van der Waals surface area contributed by atoms with Crippen LogP contribution in [-0.4, -0.2) is 243 Å². The molecule has 0 aliphatic carbocycles. The molecule has 133 heavy (non-hydrogen) atoms. The molecule has 6 aromatic carbocycles. The van der Waals surface area contributed by atoms with Gasteiger partial charge in [0.1, 0.15) is 59.8 Å². The first kappa shape index (κ1) is 102. The monoisotopic (exact) mass is 1900 g/mol. The van der Waals surface area contributed by atoms with Gasteiger partial charge in [0.25, 0.3) is 17.7 Å². The van der Waals surface area contributed by atoms with Crippen molar-refractivity contribution in [2.24, 2.45) is 17.8 Å². The van der Waals surface area contributed by atoms with Gasteiger partial charge in [-0.05, 0) is 76.9 Å². The Kier molecular flexibility index (Phi) is 33.2. The number of likely N-dealkylation sites (N-methyl/N-ethyl adjacent to an activating group) is 1. The van der Waals surface area contributed by atoms with Gasteiger partial charge >= 0.3 is 23.9 Å². The van der Waals surface area contributed by atoms with E-state index in [1.807, 2.05) is 0 Å². The lowest BCUT2D eigenvalue weighted by molar-refractivity contribution is -0.198. The number of halogens is 15. The molecule has 6 fully saturated rings. The Morgan fingerprint density at radius 2 is 0.647 bits per heavy atom. The van der Waals surface area contributed by atoms with Crippen LogP contribution in [0.1, 0.15) is 109 Å². The molecule has 6 aromatic rings. The number of ether oxygens (including phenoxy) is 7. The highest BCUT2D eigenvalue weighted by Gasteiger charge is 2.50. The van der Waals surface area contributed by atoms with Crippen LogP contribution in [0, 0.1) is 105 Å². The number of phenols is 3. The zero-order valence-electron chi connectivity index (χ0n) is 70.5. The molecule has 6 unspecified atom stereocenters. The van der Waals surface area contributed by atoms with E-state index in [4.69, 9.17) is 33.2 Å². The number of carbonyl (C=O) groups excluding carboxylic acids is 12. The minimum atomic E-state index is -2.43. The Morgan fingerprint density at radius 3 is 0.955 bits per heavy atom. The van der Waals surface area contributed by atoms with Gasteiger partial charge in [-0.2, -0.15) is 0 Å². The van der Waals surface area contributed by atoms with Gasteiger partial charge in [0.15, 0.2) is 81.9 Å². The van der Waals surface area contributed by atoms with Crippen molar-refractivity contribution >= 4 is 71.1 Å². The van der Waals surface area contributed by atoms with E-state index in [0.29, 0.717) is 12.8 Å². The second kappa shape index (κ2) is 43.2. The summed E-state index contributed by atoms with van der Waals surface area (Å²) in [7, 11) is 1.21. The number of nitrogens with zero attached hydrogens (tertiary/aromatic N) is 1. The smallest absolute Gasteiger partial charge is 0.350 e. The molecular weight excluding hydrogens is 1820 g/mol. The van der Waals surface area contributed by atoms with Gasteiger partial charge < -0.3 is 106 Å². The predicted molar refractivity (Wildman–Crippen MR) is 417 cm³/mol. The molecule has 13 N–H and O–H groups in total. The van der Waals surface area contributed by atoms with Crippen molar-refractivity contribution < 1.29 is 187 Å². The van der Waals surface area contributed by atoms with Gasteiger partial charge in [0.05, 0.1) is 83.1 Å². The molecule has 21 atom stereocenters. The molecule has 6 saturated heterocycles. The highest BCUT2D eigenvalue weighted by atomic mass is 19.2. The van der Waals surface area contributed by atoms with Gasteiger partial charge in [-0.15, -0.1) is 0 Å². The van der Waals surface area contributed by atoms with Gasteiger partial charge in [0.2, 0.25) is 53.1 Å². The third-order valence-electron chi connectivity index (χ3n) is 22.9. The van der Waals surface area contributed by atoms with Crippen LogP contribution in [0.5, 0.6) is 17.2 Å². The molecule has 0 saturated carbocycles. The van der Waals surface area contributed by atoms with Gasteiger partial charge in [-0.3, -0.25) is 43.2 Å². The summed E-state index contributed by atoms with van der Waals surface area (Å²) in [6.07, 6.45) is -17.7. The maximum atomic E-state index is 14.7. The van der Waals surface area contributed by atoms with E-state index in [1.165, 1.54) is 93.7 Å². The summed E-state index contributed by atoms with van der Waals surface area (Å²) in [5.41, 5.74) is -5.05. The zero-order chi connectivity index (χ0) is 98.2. The van der Waals surface area contributed by atoms with Gasteiger partial charge in [-0.25, -0.2) is 80.2 Å². The second-order valence-corrected chi connectivity index (χ2v) is 31.6. The molecule has 0 radical (unpaired) electrons. The molecule has 48 heteroatoms. The summed E-state index contributed by atoms with van der Waals surface area (Å²) >= 11 is 0. The van der Waals surface area contributed by atoms with Crippen molar-refractivity contribution in [1.82, 2.24) is 42.1 Å². The standard InChI is InChI=1S/C29H30F5N3O8.C28H28F5N3O8.C28H27F5N2O9/c1-11-25(39)15(10-14-18(30)20(32)22(34)21(33)19(14)31)35-27(41)23(36-26(40)13-6-4-5-7-16(13)38)12(2)45-29(43)24(17-8-9-44-17)37(3)28(11)42;1-10-24(38)14(9-13-17(29)19(31)21(33)20(32)18(13)30)34-27(41)22(35-26(40)12-5-3-4-6-15(12)37)11(2)44-28(42)23(36-25(10)39)16-7-8-43-16;1-10-23(37)14(9-13-17(29)19(31)21(33)20(32)18(13)30)34-26(39)22(35-25(38)12-5-3-4-6-15(12)36)11(2)43-28(41)24(44-27(10)40)16-7-8-42-16/h4-7,11-12,15,17,23-25,38-39H,8-10H2,1-3H3,(H,35,41)(H,36,40);3-6,10-11,14,16,22-24,37-38H,7-9H2,1-2H3,(H,34,41)(H,35,40)(H,36,39);3-6,10-11,14,16,22-24,36-37H,7-9H2,1-2H3,(H,34,39)(H,35,38)/t11-,12-,15+,17?,23+,24?,25+;10-,11-,14+,16?,22+,23?,24+;10-,11-,14+,16?,22+,23+,24?/m111/s1. The SMILES string of the molecule is C[C@H]1OC(=O)C(C2CCO2)N(C)C(=O)[C@H](C)[C@H](O)[C@H](Cc2c(F)c(F)c(F)c(F)c2F)NC(=O)[C@H]1NC(=O)c1ccccc1O.C[C@H]1OC(=O)C(C2CCO2)NC(=O)[C@H](C)[C@H](O)[C@H](Cc2c(F)c(F)c(F)c(F)c2F)NC(=O)[C@H]1NC(=O)c1ccccc1O.C[C@H]1OC(=O)C(C2CCO2)OC(=O)[C@H](C)[C@H](O)[C@H](Cc2c(F)c(F)c(F)c(F)c2F)NC(=O)[C@H]1NC(=O)c1ccccc1O. The molecule has 6 aliphatic rings. The Labute approximate surface area is 742 Å². The quantitative estimate of drug-likeness (QED) is 0.0226. The highest BCUT2D eigenvalue weighted by Crippen LogP contribution is 2.34. The van der Waals surface area contributed by atoms with E-state index in [-0.39, 0.29) is 42.9 Å². The number of aromatic hydroxyl groups is 3. The average Bonchev–Trinajstić information content (AvgIpc) is 0.776. The largest absolute Gasteiger partial charge is 0.507 e. The molecule has 12 rings (SSSR count). The van der Waals surface area contributed by atoms with Crippen molar-refractivity contribution in [3.63, 3.8) is 0 Å². The van der Waals surface area contributed by atoms with E-state index in [9.17, 15) is 154 Å². The number of phenolic OH excluding ortho intramolecular Hbond substituents is 3. The minimum absolute atomic E-state index is 0.214.